The lowest BCUT2D eigenvalue weighted by Crippen LogP contribution is -2.14. The first-order valence-corrected chi connectivity index (χ1v) is 6.91. The van der Waals surface area contributed by atoms with Crippen LogP contribution in [0.15, 0.2) is 42.6 Å². The minimum absolute atomic E-state index is 0.0641. The first kappa shape index (κ1) is 14.8. The number of nitrogens with zero attached hydrogens (tertiary/aromatic N) is 1. The van der Waals surface area contributed by atoms with Crippen LogP contribution in [0, 0.1) is 0 Å². The van der Waals surface area contributed by atoms with Crippen LogP contribution in [0.25, 0.3) is 0 Å². The van der Waals surface area contributed by atoms with Crippen LogP contribution in [0.3, 0.4) is 0 Å². The molecule has 1 aromatic carbocycles. The van der Waals surface area contributed by atoms with E-state index in [1.807, 2.05) is 18.2 Å². The molecular formula is C16H19ClN2O. The molecule has 0 aliphatic carbocycles. The van der Waals surface area contributed by atoms with Gasteiger partial charge in [-0.25, -0.2) is 4.98 Å². The molecule has 0 aliphatic heterocycles. The van der Waals surface area contributed by atoms with Gasteiger partial charge in [-0.05, 0) is 35.2 Å². The molecule has 0 saturated carbocycles. The number of aliphatic hydroxyl groups excluding tert-OH is 1. The molecule has 20 heavy (non-hydrogen) atoms. The van der Waals surface area contributed by atoms with E-state index in [0.29, 0.717) is 10.7 Å². The van der Waals surface area contributed by atoms with E-state index in [1.165, 1.54) is 5.56 Å². The van der Waals surface area contributed by atoms with Crippen LogP contribution < -0.4 is 5.32 Å². The van der Waals surface area contributed by atoms with E-state index in [4.69, 9.17) is 11.6 Å². The second-order valence-corrected chi connectivity index (χ2v) is 6.12. The van der Waals surface area contributed by atoms with Crippen molar-refractivity contribution in [3.8, 4) is 0 Å². The highest BCUT2D eigenvalue weighted by atomic mass is 35.5. The second kappa shape index (κ2) is 5.81. The summed E-state index contributed by atoms with van der Waals surface area (Å²) in [6, 6.07) is 11.5. The summed E-state index contributed by atoms with van der Waals surface area (Å²) in [6.07, 6.45) is 0.713. The Labute approximate surface area is 124 Å². The number of hydrogen-bond donors (Lipinski definition) is 2. The van der Waals surface area contributed by atoms with E-state index < -0.39 is 6.23 Å². The van der Waals surface area contributed by atoms with Crippen molar-refractivity contribution in [3.63, 3.8) is 0 Å². The Morgan fingerprint density at radius 1 is 1.20 bits per heavy atom. The Hall–Kier alpha value is -1.58. The van der Waals surface area contributed by atoms with Crippen molar-refractivity contribution < 1.29 is 5.11 Å². The highest BCUT2D eigenvalue weighted by Gasteiger charge is 2.15. The summed E-state index contributed by atoms with van der Waals surface area (Å²) < 4.78 is 0. The summed E-state index contributed by atoms with van der Waals surface area (Å²) in [7, 11) is 0. The third kappa shape index (κ3) is 3.50. The number of nitrogens with one attached hydrogen (secondary N) is 1. The summed E-state index contributed by atoms with van der Waals surface area (Å²) >= 11 is 5.98. The molecule has 2 N–H and O–H groups in total. The smallest absolute Gasteiger partial charge is 0.153 e. The first-order valence-electron chi connectivity index (χ1n) is 6.53. The van der Waals surface area contributed by atoms with E-state index in [-0.39, 0.29) is 5.41 Å². The molecule has 1 aromatic heterocycles. The number of aromatic nitrogens is 1. The van der Waals surface area contributed by atoms with Crippen LogP contribution >= 0.6 is 11.6 Å². The average molecular weight is 291 g/mol. The van der Waals surface area contributed by atoms with E-state index in [2.05, 4.69) is 37.1 Å². The predicted molar refractivity (Wildman–Crippen MR) is 83.0 cm³/mol. The van der Waals surface area contributed by atoms with Crippen LogP contribution in [0.4, 0.5) is 5.69 Å². The van der Waals surface area contributed by atoms with E-state index >= 15 is 0 Å². The maximum atomic E-state index is 10.2. The van der Waals surface area contributed by atoms with Gasteiger partial charge in [-0.2, -0.15) is 0 Å². The van der Waals surface area contributed by atoms with Crippen LogP contribution in [0.1, 0.15) is 38.1 Å². The highest BCUT2D eigenvalue weighted by Crippen LogP contribution is 2.27. The van der Waals surface area contributed by atoms with Crippen molar-refractivity contribution in [1.82, 2.24) is 4.98 Å². The topological polar surface area (TPSA) is 45.1 Å². The van der Waals surface area contributed by atoms with Crippen molar-refractivity contribution in [2.45, 2.75) is 32.4 Å². The van der Waals surface area contributed by atoms with Gasteiger partial charge in [-0.15, -0.1) is 0 Å². The van der Waals surface area contributed by atoms with Gasteiger partial charge in [-0.1, -0.05) is 44.5 Å². The summed E-state index contributed by atoms with van der Waals surface area (Å²) in [5.74, 6) is 0. The number of benzene rings is 1. The number of hydrogen-bond acceptors (Lipinski definition) is 3. The molecule has 0 spiro atoms. The number of rotatable bonds is 3. The zero-order chi connectivity index (χ0) is 14.8. The van der Waals surface area contributed by atoms with Gasteiger partial charge in [-0.3, -0.25) is 0 Å². The van der Waals surface area contributed by atoms with Gasteiger partial charge in [0.2, 0.25) is 0 Å². The minimum Gasteiger partial charge on any atom is -0.369 e. The van der Waals surface area contributed by atoms with Gasteiger partial charge >= 0.3 is 0 Å². The fourth-order valence-electron chi connectivity index (χ4n) is 1.91. The zero-order valence-electron chi connectivity index (χ0n) is 11.9. The molecule has 0 bridgehead atoms. The average Bonchev–Trinajstić information content (AvgIpc) is 2.38. The van der Waals surface area contributed by atoms with Crippen LogP contribution in [0.5, 0.6) is 0 Å². The molecule has 2 rings (SSSR count). The number of pyridine rings is 1. The van der Waals surface area contributed by atoms with Crippen molar-refractivity contribution >= 4 is 17.3 Å². The van der Waals surface area contributed by atoms with E-state index in [0.717, 1.165) is 5.69 Å². The molecule has 0 fully saturated rings. The summed E-state index contributed by atoms with van der Waals surface area (Å²) in [4.78, 5) is 3.96. The summed E-state index contributed by atoms with van der Waals surface area (Å²) in [6.45, 7) is 6.46. The molecule has 3 nitrogen and oxygen atoms in total. The summed E-state index contributed by atoms with van der Waals surface area (Å²) in [5.41, 5.74) is 2.68. The predicted octanol–water partition coefficient (Wildman–Crippen LogP) is 4.14. The monoisotopic (exact) mass is 290 g/mol. The maximum Gasteiger partial charge on any atom is 0.153 e. The third-order valence-electron chi connectivity index (χ3n) is 3.11. The largest absolute Gasteiger partial charge is 0.369 e. The number of anilines is 1. The molecular weight excluding hydrogens is 272 g/mol. The molecule has 0 radical (unpaired) electrons. The van der Waals surface area contributed by atoms with Gasteiger partial charge < -0.3 is 10.4 Å². The van der Waals surface area contributed by atoms with Crippen LogP contribution in [-0.2, 0) is 5.41 Å². The van der Waals surface area contributed by atoms with E-state index in [9.17, 15) is 5.11 Å². The van der Waals surface area contributed by atoms with Crippen LogP contribution in [0.2, 0.25) is 5.15 Å². The Morgan fingerprint density at radius 2 is 1.95 bits per heavy atom. The standard InChI is InChI=1S/C16H19ClN2O/c1-16(2,3)11-6-4-7-12(10-11)19-15(20)13-8-5-9-18-14(13)17/h4-10,15,19-20H,1-3H3. The maximum absolute atomic E-state index is 10.2. The Balaban J connectivity index is 2.20. The molecule has 1 unspecified atom stereocenters. The lowest BCUT2D eigenvalue weighted by molar-refractivity contribution is 0.208. The van der Waals surface area contributed by atoms with Crippen molar-refractivity contribution in [1.29, 1.82) is 0 Å². The fraction of sp³-hybridized carbons (Fsp3) is 0.312. The van der Waals surface area contributed by atoms with Gasteiger partial charge in [0.25, 0.3) is 0 Å². The normalized spacial score (nSPS) is 13.1. The van der Waals surface area contributed by atoms with Gasteiger partial charge in [0.15, 0.2) is 6.23 Å². The van der Waals surface area contributed by atoms with Crippen molar-refractivity contribution in [2.24, 2.45) is 0 Å². The molecule has 0 saturated heterocycles. The zero-order valence-corrected chi connectivity index (χ0v) is 12.6. The highest BCUT2D eigenvalue weighted by molar-refractivity contribution is 6.30. The molecule has 4 heteroatoms. The van der Waals surface area contributed by atoms with E-state index in [1.54, 1.807) is 18.3 Å². The fourth-order valence-corrected chi connectivity index (χ4v) is 2.14. The minimum atomic E-state index is -0.883. The van der Waals surface area contributed by atoms with Crippen LogP contribution in [-0.4, -0.2) is 10.1 Å². The lowest BCUT2D eigenvalue weighted by Gasteiger charge is -2.21. The molecule has 0 amide bonds. The molecule has 2 aromatic rings. The van der Waals surface area contributed by atoms with Gasteiger partial charge in [0, 0.05) is 17.4 Å². The quantitative estimate of drug-likeness (QED) is 0.660. The number of halogens is 1. The molecule has 106 valence electrons. The Bertz CT molecular complexity index is 593. The SMILES string of the molecule is CC(C)(C)c1cccc(NC(O)c2cccnc2Cl)c1. The lowest BCUT2D eigenvalue weighted by atomic mass is 9.87. The van der Waals surface area contributed by atoms with Crippen molar-refractivity contribution in [2.75, 3.05) is 5.32 Å². The Kier molecular flexibility index (Phi) is 4.31. The van der Waals surface area contributed by atoms with Gasteiger partial charge in [0.1, 0.15) is 5.15 Å². The molecule has 1 heterocycles. The second-order valence-electron chi connectivity index (χ2n) is 5.76. The molecule has 1 atom stereocenters. The third-order valence-corrected chi connectivity index (χ3v) is 3.43. The van der Waals surface area contributed by atoms with Gasteiger partial charge in [0.05, 0.1) is 0 Å². The molecule has 0 aliphatic rings. The Morgan fingerprint density at radius 3 is 2.60 bits per heavy atom. The van der Waals surface area contributed by atoms with Crippen molar-refractivity contribution in [3.05, 3.63) is 58.9 Å². The number of aliphatic hydroxyl groups is 1. The first-order chi connectivity index (χ1) is 9.38. The summed E-state index contributed by atoms with van der Waals surface area (Å²) in [5, 5.41) is 13.6.